The van der Waals surface area contributed by atoms with Crippen LogP contribution in [-0.2, 0) is 14.8 Å². The number of hydrogen-bond donors (Lipinski definition) is 1. The smallest absolute Gasteiger partial charge is 0.243 e. The van der Waals surface area contributed by atoms with Crippen LogP contribution in [0.5, 0.6) is 0 Å². The van der Waals surface area contributed by atoms with Crippen LogP contribution in [0, 0.1) is 17.3 Å². The molecule has 1 amide bonds. The predicted octanol–water partition coefficient (Wildman–Crippen LogP) is 4.40. The molecule has 1 aromatic carbocycles. The second-order valence-corrected chi connectivity index (χ2v) is 12.1. The Morgan fingerprint density at radius 2 is 1.56 bits per heavy atom. The highest BCUT2D eigenvalue weighted by Crippen LogP contribution is 2.40. The fourth-order valence-electron chi connectivity index (χ4n) is 5.00. The summed E-state index contributed by atoms with van der Waals surface area (Å²) in [5.41, 5.74) is 0.853. The minimum absolute atomic E-state index is 0.0751. The molecule has 1 aliphatic carbocycles. The Balaban J connectivity index is 1.50. The summed E-state index contributed by atoms with van der Waals surface area (Å²) >= 11 is 0. The largest absolute Gasteiger partial charge is 0.353 e. The molecule has 178 valence electrons. The molecule has 0 atom stereocenters. The van der Waals surface area contributed by atoms with Crippen LogP contribution >= 0.6 is 0 Å². The lowest BCUT2D eigenvalue weighted by molar-refractivity contribution is -0.127. The van der Waals surface area contributed by atoms with E-state index in [-0.39, 0.29) is 28.5 Å². The molecule has 6 nitrogen and oxygen atoms in total. The molecule has 32 heavy (non-hydrogen) atoms. The number of piperidine rings is 1. The lowest BCUT2D eigenvalue weighted by atomic mass is 9.69. The zero-order valence-corrected chi connectivity index (χ0v) is 20.7. The van der Waals surface area contributed by atoms with Crippen LogP contribution in [0.4, 0.5) is 0 Å². The molecular formula is C25H38N2O4S. The van der Waals surface area contributed by atoms with E-state index < -0.39 is 10.0 Å². The average molecular weight is 463 g/mol. The molecule has 1 N–H and O–H groups in total. The van der Waals surface area contributed by atoms with E-state index in [1.54, 1.807) is 12.1 Å². The van der Waals surface area contributed by atoms with Crippen LogP contribution in [0.1, 0.15) is 83.0 Å². The standard InChI is InChI=1S/C25H38N2O4S/c1-5-25(3,4)21-8-10-22(11-9-21)26-24(29)20-14-16-27(17-15-20)32(30,31)23-12-6-19(7-13-23)18(2)28/h6-7,12-13,20-22H,5,8-11,14-17H2,1-4H3,(H,26,29). The fraction of sp³-hybridized carbons (Fsp3) is 0.680. The normalized spacial score (nSPS) is 23.6. The van der Waals surface area contributed by atoms with Crippen molar-refractivity contribution in [2.24, 2.45) is 17.3 Å². The van der Waals surface area contributed by atoms with Gasteiger partial charge in [-0.25, -0.2) is 8.42 Å². The SMILES string of the molecule is CCC(C)(C)C1CCC(NC(=O)C2CCN(S(=O)(=O)c3ccc(C(C)=O)cc3)CC2)CC1. The second-order valence-electron chi connectivity index (χ2n) is 10.2. The minimum atomic E-state index is -3.61. The van der Waals surface area contributed by atoms with E-state index in [9.17, 15) is 18.0 Å². The predicted molar refractivity (Wildman–Crippen MR) is 126 cm³/mol. The zero-order chi connectivity index (χ0) is 23.5. The number of Topliss-reactive ketones (excluding diaryl/α,β-unsaturated/α-hetero) is 1. The Bertz CT molecular complexity index is 908. The topological polar surface area (TPSA) is 83.6 Å². The van der Waals surface area contributed by atoms with Gasteiger partial charge >= 0.3 is 0 Å². The van der Waals surface area contributed by atoms with Gasteiger partial charge < -0.3 is 5.32 Å². The number of hydrogen-bond acceptors (Lipinski definition) is 4. The van der Waals surface area contributed by atoms with Gasteiger partial charge in [0.25, 0.3) is 0 Å². The Kier molecular flexibility index (Phi) is 7.81. The summed E-state index contributed by atoms with van der Waals surface area (Å²) in [6.45, 7) is 9.07. The monoisotopic (exact) mass is 462 g/mol. The molecule has 1 heterocycles. The Morgan fingerprint density at radius 1 is 1.00 bits per heavy atom. The summed E-state index contributed by atoms with van der Waals surface area (Å²) < 4.78 is 27.3. The molecule has 0 radical (unpaired) electrons. The van der Waals surface area contributed by atoms with Crippen LogP contribution < -0.4 is 5.32 Å². The Hall–Kier alpha value is -1.73. The summed E-state index contributed by atoms with van der Waals surface area (Å²) in [5.74, 6) is 0.569. The first kappa shape index (κ1) is 24.9. The summed E-state index contributed by atoms with van der Waals surface area (Å²) in [4.78, 5) is 24.4. The number of nitrogens with one attached hydrogen (secondary N) is 1. The molecular weight excluding hydrogens is 424 g/mol. The zero-order valence-electron chi connectivity index (χ0n) is 19.9. The number of carbonyl (C=O) groups is 2. The number of amides is 1. The van der Waals surface area contributed by atoms with Crippen molar-refractivity contribution in [3.05, 3.63) is 29.8 Å². The summed E-state index contributed by atoms with van der Waals surface area (Å²) in [7, 11) is -3.61. The van der Waals surface area contributed by atoms with Crippen molar-refractivity contribution in [3.8, 4) is 0 Å². The van der Waals surface area contributed by atoms with Crippen molar-refractivity contribution in [2.45, 2.75) is 83.6 Å². The molecule has 1 aliphatic heterocycles. The molecule has 1 saturated carbocycles. The minimum Gasteiger partial charge on any atom is -0.353 e. The molecule has 1 saturated heterocycles. The molecule has 7 heteroatoms. The third-order valence-corrected chi connectivity index (χ3v) is 9.73. The van der Waals surface area contributed by atoms with Gasteiger partial charge in [-0.1, -0.05) is 39.3 Å². The van der Waals surface area contributed by atoms with Gasteiger partial charge in [-0.05, 0) is 68.9 Å². The Morgan fingerprint density at radius 3 is 2.06 bits per heavy atom. The molecule has 1 aromatic rings. The van der Waals surface area contributed by atoms with Crippen LogP contribution in [0.15, 0.2) is 29.2 Å². The molecule has 2 fully saturated rings. The lowest BCUT2D eigenvalue weighted by Gasteiger charge is -2.39. The van der Waals surface area contributed by atoms with E-state index in [0.717, 1.165) is 31.6 Å². The maximum Gasteiger partial charge on any atom is 0.243 e. The summed E-state index contributed by atoms with van der Waals surface area (Å²) in [6.07, 6.45) is 6.63. The van der Waals surface area contributed by atoms with Gasteiger partial charge in [-0.3, -0.25) is 9.59 Å². The highest BCUT2D eigenvalue weighted by atomic mass is 32.2. The Labute approximate surface area is 193 Å². The van der Waals surface area contributed by atoms with Crippen molar-refractivity contribution >= 4 is 21.7 Å². The van der Waals surface area contributed by atoms with Crippen LogP contribution in [-0.4, -0.2) is 43.5 Å². The number of ketones is 1. The van der Waals surface area contributed by atoms with Gasteiger partial charge in [0.05, 0.1) is 4.90 Å². The van der Waals surface area contributed by atoms with Gasteiger partial charge in [0, 0.05) is 30.6 Å². The first-order valence-electron chi connectivity index (χ1n) is 12.0. The number of rotatable bonds is 7. The molecule has 0 aromatic heterocycles. The number of sulfonamides is 1. The van der Waals surface area contributed by atoms with Crippen molar-refractivity contribution in [3.63, 3.8) is 0 Å². The molecule has 3 rings (SSSR count). The lowest BCUT2D eigenvalue weighted by Crippen LogP contribution is -2.46. The van der Waals surface area contributed by atoms with E-state index in [1.165, 1.54) is 29.8 Å². The van der Waals surface area contributed by atoms with Gasteiger partial charge in [0.15, 0.2) is 5.78 Å². The van der Waals surface area contributed by atoms with E-state index in [0.29, 0.717) is 36.9 Å². The van der Waals surface area contributed by atoms with Gasteiger partial charge in [-0.15, -0.1) is 0 Å². The van der Waals surface area contributed by atoms with Crippen molar-refractivity contribution in [1.29, 1.82) is 0 Å². The van der Waals surface area contributed by atoms with Crippen molar-refractivity contribution in [2.75, 3.05) is 13.1 Å². The first-order chi connectivity index (χ1) is 15.0. The maximum atomic E-state index is 12.9. The second kappa shape index (κ2) is 10.0. The molecule has 0 bridgehead atoms. The van der Waals surface area contributed by atoms with E-state index >= 15 is 0 Å². The van der Waals surface area contributed by atoms with E-state index in [2.05, 4.69) is 26.1 Å². The quantitative estimate of drug-likeness (QED) is 0.609. The van der Waals surface area contributed by atoms with E-state index in [4.69, 9.17) is 0 Å². The van der Waals surface area contributed by atoms with Crippen LogP contribution in [0.25, 0.3) is 0 Å². The third kappa shape index (κ3) is 5.60. The van der Waals surface area contributed by atoms with Crippen molar-refractivity contribution < 1.29 is 18.0 Å². The van der Waals surface area contributed by atoms with Crippen molar-refractivity contribution in [1.82, 2.24) is 9.62 Å². The van der Waals surface area contributed by atoms with Gasteiger partial charge in [0.1, 0.15) is 0 Å². The molecule has 2 aliphatic rings. The molecule has 0 spiro atoms. The van der Waals surface area contributed by atoms with E-state index in [1.807, 2.05) is 0 Å². The highest BCUT2D eigenvalue weighted by molar-refractivity contribution is 7.89. The highest BCUT2D eigenvalue weighted by Gasteiger charge is 2.35. The maximum absolute atomic E-state index is 12.9. The molecule has 0 unspecified atom stereocenters. The van der Waals surface area contributed by atoms with Crippen LogP contribution in [0.3, 0.4) is 0 Å². The van der Waals surface area contributed by atoms with Gasteiger partial charge in [0.2, 0.25) is 15.9 Å². The van der Waals surface area contributed by atoms with Crippen LogP contribution in [0.2, 0.25) is 0 Å². The number of nitrogens with zero attached hydrogens (tertiary/aromatic N) is 1. The number of benzene rings is 1. The third-order valence-electron chi connectivity index (χ3n) is 7.81. The first-order valence-corrected chi connectivity index (χ1v) is 13.4. The average Bonchev–Trinajstić information content (AvgIpc) is 2.79. The number of carbonyl (C=O) groups excluding carboxylic acids is 2. The fourth-order valence-corrected chi connectivity index (χ4v) is 6.47. The summed E-state index contributed by atoms with van der Waals surface area (Å²) in [6, 6.07) is 6.31. The van der Waals surface area contributed by atoms with Gasteiger partial charge in [-0.2, -0.15) is 4.31 Å². The summed E-state index contributed by atoms with van der Waals surface area (Å²) in [5, 5.41) is 3.24.